The Labute approximate surface area is 99.2 Å². The average Bonchev–Trinajstić information content (AvgIpc) is 2.65. The summed E-state index contributed by atoms with van der Waals surface area (Å²) in [7, 11) is 0. The molecule has 2 rings (SSSR count). The molecule has 0 saturated carbocycles. The second-order valence-electron chi connectivity index (χ2n) is 3.76. The van der Waals surface area contributed by atoms with Crippen LogP contribution in [0.15, 0.2) is 24.3 Å². The fraction of sp³-hybridized carbons (Fsp3) is 0.333. The SMILES string of the molecule is CCCCOC(=O)n1c(N)nc2ccccc21. The number of nitrogens with two attached hydrogens (primary N) is 1. The van der Waals surface area contributed by atoms with Crippen LogP contribution in [0.5, 0.6) is 0 Å². The summed E-state index contributed by atoms with van der Waals surface area (Å²) in [5, 5.41) is 0. The van der Waals surface area contributed by atoms with E-state index >= 15 is 0 Å². The van der Waals surface area contributed by atoms with Crippen LogP contribution in [0.25, 0.3) is 11.0 Å². The smallest absolute Gasteiger partial charge is 0.421 e. The summed E-state index contributed by atoms with van der Waals surface area (Å²) in [6.45, 7) is 2.44. The first-order valence-corrected chi connectivity index (χ1v) is 5.64. The molecule has 0 aliphatic heterocycles. The Kier molecular flexibility index (Phi) is 3.27. The molecule has 0 spiro atoms. The summed E-state index contributed by atoms with van der Waals surface area (Å²) in [5.74, 6) is 0.160. The largest absolute Gasteiger partial charge is 0.449 e. The van der Waals surface area contributed by atoms with Gasteiger partial charge in [0.2, 0.25) is 5.95 Å². The van der Waals surface area contributed by atoms with Gasteiger partial charge in [0.15, 0.2) is 0 Å². The molecule has 5 nitrogen and oxygen atoms in total. The minimum absolute atomic E-state index is 0.160. The highest BCUT2D eigenvalue weighted by atomic mass is 16.5. The number of benzene rings is 1. The van der Waals surface area contributed by atoms with Gasteiger partial charge in [-0.25, -0.2) is 14.3 Å². The van der Waals surface area contributed by atoms with E-state index in [0.717, 1.165) is 12.8 Å². The van der Waals surface area contributed by atoms with Gasteiger partial charge in [0, 0.05) is 0 Å². The van der Waals surface area contributed by atoms with Crippen LogP contribution in [0.4, 0.5) is 10.7 Å². The van der Waals surface area contributed by atoms with Crippen molar-refractivity contribution >= 4 is 23.1 Å². The van der Waals surface area contributed by atoms with Crippen LogP contribution in [0.1, 0.15) is 19.8 Å². The number of hydrogen-bond donors (Lipinski definition) is 1. The molecule has 1 aromatic carbocycles. The van der Waals surface area contributed by atoms with E-state index in [1.807, 2.05) is 25.1 Å². The maximum Gasteiger partial charge on any atom is 0.421 e. The maximum absolute atomic E-state index is 11.8. The molecule has 17 heavy (non-hydrogen) atoms. The maximum atomic E-state index is 11.8. The number of carbonyl (C=O) groups excluding carboxylic acids is 1. The third-order valence-electron chi connectivity index (χ3n) is 2.49. The van der Waals surface area contributed by atoms with Gasteiger partial charge in [-0.2, -0.15) is 0 Å². The molecule has 2 aromatic rings. The van der Waals surface area contributed by atoms with Crippen LogP contribution in [-0.4, -0.2) is 22.3 Å². The third kappa shape index (κ3) is 2.22. The lowest BCUT2D eigenvalue weighted by Gasteiger charge is -2.06. The highest BCUT2D eigenvalue weighted by Crippen LogP contribution is 2.17. The van der Waals surface area contributed by atoms with Gasteiger partial charge in [-0.15, -0.1) is 0 Å². The van der Waals surface area contributed by atoms with Crippen LogP contribution in [0.3, 0.4) is 0 Å². The molecule has 1 aromatic heterocycles. The number of hydrogen-bond acceptors (Lipinski definition) is 4. The van der Waals surface area contributed by atoms with Crippen LogP contribution >= 0.6 is 0 Å². The number of rotatable bonds is 3. The predicted molar refractivity (Wildman–Crippen MR) is 65.8 cm³/mol. The second kappa shape index (κ2) is 4.86. The number of nitrogen functional groups attached to an aromatic ring is 1. The van der Waals surface area contributed by atoms with Crippen molar-refractivity contribution in [3.8, 4) is 0 Å². The van der Waals surface area contributed by atoms with Gasteiger partial charge in [0.1, 0.15) is 0 Å². The molecule has 0 aliphatic rings. The van der Waals surface area contributed by atoms with Crippen molar-refractivity contribution in [1.29, 1.82) is 0 Å². The lowest BCUT2D eigenvalue weighted by molar-refractivity contribution is 0.147. The fourth-order valence-corrected chi connectivity index (χ4v) is 1.60. The zero-order chi connectivity index (χ0) is 12.3. The number of imidazole rings is 1. The minimum atomic E-state index is -0.468. The monoisotopic (exact) mass is 233 g/mol. The number of aromatic nitrogens is 2. The number of nitrogens with zero attached hydrogens (tertiary/aromatic N) is 2. The van der Waals surface area contributed by atoms with Crippen molar-refractivity contribution in [3.05, 3.63) is 24.3 Å². The Hall–Kier alpha value is -2.04. The van der Waals surface area contributed by atoms with Gasteiger partial charge in [-0.3, -0.25) is 0 Å². The van der Waals surface area contributed by atoms with Crippen molar-refractivity contribution < 1.29 is 9.53 Å². The molecule has 0 saturated heterocycles. The Balaban J connectivity index is 2.28. The summed E-state index contributed by atoms with van der Waals surface area (Å²) in [6.07, 6.45) is 1.36. The van der Waals surface area contributed by atoms with Crippen molar-refractivity contribution in [1.82, 2.24) is 9.55 Å². The van der Waals surface area contributed by atoms with E-state index < -0.39 is 6.09 Å². The molecule has 2 N–H and O–H groups in total. The van der Waals surface area contributed by atoms with E-state index in [0.29, 0.717) is 17.6 Å². The molecule has 0 radical (unpaired) electrons. The zero-order valence-corrected chi connectivity index (χ0v) is 9.72. The molecule has 0 bridgehead atoms. The van der Waals surface area contributed by atoms with Crippen LogP contribution in [0, 0.1) is 0 Å². The third-order valence-corrected chi connectivity index (χ3v) is 2.49. The molecule has 0 unspecified atom stereocenters. The molecule has 0 fully saturated rings. The second-order valence-corrected chi connectivity index (χ2v) is 3.76. The van der Waals surface area contributed by atoms with Crippen molar-refractivity contribution in [3.63, 3.8) is 0 Å². The number of ether oxygens (including phenoxy) is 1. The Morgan fingerprint density at radius 2 is 2.24 bits per heavy atom. The molecule has 0 aliphatic carbocycles. The Morgan fingerprint density at radius 1 is 1.47 bits per heavy atom. The molecular formula is C12H15N3O2. The first kappa shape index (κ1) is 11.4. The minimum Gasteiger partial charge on any atom is -0.449 e. The van der Waals surface area contributed by atoms with E-state index in [1.54, 1.807) is 6.07 Å². The molecular weight excluding hydrogens is 218 g/mol. The number of anilines is 1. The normalized spacial score (nSPS) is 10.6. The number of fused-ring (bicyclic) bond motifs is 1. The van der Waals surface area contributed by atoms with E-state index in [1.165, 1.54) is 4.57 Å². The van der Waals surface area contributed by atoms with E-state index in [-0.39, 0.29) is 5.95 Å². The van der Waals surface area contributed by atoms with E-state index in [4.69, 9.17) is 10.5 Å². The quantitative estimate of drug-likeness (QED) is 0.826. The van der Waals surface area contributed by atoms with Crippen LogP contribution in [0.2, 0.25) is 0 Å². The van der Waals surface area contributed by atoms with Crippen LogP contribution in [-0.2, 0) is 4.74 Å². The average molecular weight is 233 g/mol. The number of carbonyl (C=O) groups is 1. The zero-order valence-electron chi connectivity index (χ0n) is 9.72. The van der Waals surface area contributed by atoms with Gasteiger partial charge in [-0.05, 0) is 18.6 Å². The van der Waals surface area contributed by atoms with Crippen LogP contribution < -0.4 is 5.73 Å². The van der Waals surface area contributed by atoms with Gasteiger partial charge in [-0.1, -0.05) is 25.5 Å². The predicted octanol–water partition coefficient (Wildman–Crippen LogP) is 2.40. The highest BCUT2D eigenvalue weighted by Gasteiger charge is 2.15. The summed E-state index contributed by atoms with van der Waals surface area (Å²) < 4.78 is 6.42. The van der Waals surface area contributed by atoms with Crippen molar-refractivity contribution in [2.45, 2.75) is 19.8 Å². The number of unbranched alkanes of at least 4 members (excludes halogenated alkanes) is 1. The topological polar surface area (TPSA) is 70.1 Å². The summed E-state index contributed by atoms with van der Waals surface area (Å²) in [5.41, 5.74) is 7.07. The summed E-state index contributed by atoms with van der Waals surface area (Å²) >= 11 is 0. The fourth-order valence-electron chi connectivity index (χ4n) is 1.60. The van der Waals surface area contributed by atoms with Crippen molar-refractivity contribution in [2.24, 2.45) is 0 Å². The van der Waals surface area contributed by atoms with E-state index in [9.17, 15) is 4.79 Å². The lowest BCUT2D eigenvalue weighted by Crippen LogP contribution is -2.16. The first-order chi connectivity index (χ1) is 8.24. The summed E-state index contributed by atoms with van der Waals surface area (Å²) in [6, 6.07) is 7.28. The molecule has 90 valence electrons. The highest BCUT2D eigenvalue weighted by molar-refractivity contribution is 5.90. The lowest BCUT2D eigenvalue weighted by atomic mass is 10.3. The summed E-state index contributed by atoms with van der Waals surface area (Å²) in [4.78, 5) is 15.9. The van der Waals surface area contributed by atoms with Gasteiger partial charge >= 0.3 is 6.09 Å². The Bertz CT molecular complexity index is 534. The Morgan fingerprint density at radius 3 is 3.00 bits per heavy atom. The van der Waals surface area contributed by atoms with Gasteiger partial charge in [0.25, 0.3) is 0 Å². The van der Waals surface area contributed by atoms with Gasteiger partial charge in [0.05, 0.1) is 17.6 Å². The standard InChI is InChI=1S/C12H15N3O2/c1-2-3-8-17-12(16)15-10-7-5-4-6-9(10)14-11(15)13/h4-7H,2-3,8H2,1H3,(H2,13,14). The van der Waals surface area contributed by atoms with E-state index in [2.05, 4.69) is 4.98 Å². The molecule has 1 heterocycles. The molecule has 0 amide bonds. The van der Waals surface area contributed by atoms with Gasteiger partial charge < -0.3 is 10.5 Å². The number of para-hydroxylation sites is 2. The molecule has 5 heteroatoms. The first-order valence-electron chi connectivity index (χ1n) is 5.64. The molecule has 0 atom stereocenters. The van der Waals surface area contributed by atoms with Crippen molar-refractivity contribution in [2.75, 3.05) is 12.3 Å².